The van der Waals surface area contributed by atoms with Crippen LogP contribution in [0.15, 0.2) is 30.3 Å². The van der Waals surface area contributed by atoms with E-state index in [1.165, 1.54) is 0 Å². The first kappa shape index (κ1) is 12.5. The first-order valence-corrected chi connectivity index (χ1v) is 5.62. The topological polar surface area (TPSA) is 57.5 Å². The number of aromatic carboxylic acids is 1. The standard InChI is InChI=1S/C14H7F3O3/c15-14(16,17)9-5-8-6-3-1-2-4-7(6)10(8)11(12(9)18)13(19)20/h1-5,18H,(H,19,20). The van der Waals surface area contributed by atoms with Gasteiger partial charge in [-0.3, -0.25) is 0 Å². The van der Waals surface area contributed by atoms with Gasteiger partial charge in [-0.05, 0) is 22.8 Å². The third-order valence-corrected chi connectivity index (χ3v) is 3.31. The molecule has 0 aromatic heterocycles. The van der Waals surface area contributed by atoms with Crippen molar-refractivity contribution < 1.29 is 28.2 Å². The second-order valence-corrected chi connectivity index (χ2v) is 4.42. The quantitative estimate of drug-likeness (QED) is 0.713. The van der Waals surface area contributed by atoms with Gasteiger partial charge in [0.1, 0.15) is 11.3 Å². The third kappa shape index (κ3) is 1.51. The fourth-order valence-electron chi connectivity index (χ4n) is 2.46. The number of fused-ring (bicyclic) bond motifs is 4. The van der Waals surface area contributed by atoms with Crippen LogP contribution < -0.4 is 0 Å². The summed E-state index contributed by atoms with van der Waals surface area (Å²) in [5.74, 6) is -2.82. The summed E-state index contributed by atoms with van der Waals surface area (Å²) in [5.41, 5.74) is -0.599. The summed E-state index contributed by atoms with van der Waals surface area (Å²) in [7, 11) is 0. The minimum atomic E-state index is -4.81. The van der Waals surface area contributed by atoms with Gasteiger partial charge in [0.05, 0.1) is 5.56 Å². The number of carboxylic acids is 1. The molecule has 0 unspecified atom stereocenters. The zero-order chi connectivity index (χ0) is 14.7. The van der Waals surface area contributed by atoms with Gasteiger partial charge in [0.25, 0.3) is 0 Å². The van der Waals surface area contributed by atoms with E-state index < -0.39 is 29.0 Å². The van der Waals surface area contributed by atoms with Crippen molar-refractivity contribution >= 4 is 5.97 Å². The highest BCUT2D eigenvalue weighted by Crippen LogP contribution is 2.54. The molecule has 0 saturated heterocycles. The monoisotopic (exact) mass is 280 g/mol. The summed E-state index contributed by atoms with van der Waals surface area (Å²) >= 11 is 0. The van der Waals surface area contributed by atoms with Gasteiger partial charge in [-0.2, -0.15) is 13.2 Å². The van der Waals surface area contributed by atoms with Crippen molar-refractivity contribution in [2.45, 2.75) is 6.18 Å². The van der Waals surface area contributed by atoms with E-state index in [9.17, 15) is 23.1 Å². The molecule has 0 radical (unpaired) electrons. The fourth-order valence-corrected chi connectivity index (χ4v) is 2.46. The molecule has 0 atom stereocenters. The molecule has 0 spiro atoms. The predicted molar refractivity (Wildman–Crippen MR) is 64.5 cm³/mol. The maximum Gasteiger partial charge on any atom is 0.420 e. The largest absolute Gasteiger partial charge is 0.506 e. The molecule has 20 heavy (non-hydrogen) atoms. The lowest BCUT2D eigenvalue weighted by molar-refractivity contribution is -0.138. The number of benzene rings is 2. The number of hydrogen-bond donors (Lipinski definition) is 2. The van der Waals surface area contributed by atoms with Crippen LogP contribution in [0.3, 0.4) is 0 Å². The summed E-state index contributed by atoms with van der Waals surface area (Å²) in [4.78, 5) is 11.2. The van der Waals surface area contributed by atoms with E-state index in [2.05, 4.69) is 0 Å². The lowest BCUT2D eigenvalue weighted by Crippen LogP contribution is -2.14. The highest BCUT2D eigenvalue weighted by atomic mass is 19.4. The Kier molecular flexibility index (Phi) is 2.35. The SMILES string of the molecule is O=C(O)c1c(O)c(C(F)(F)F)cc2c1-c1ccccc1-2. The minimum absolute atomic E-state index is 0.151. The molecule has 3 nitrogen and oxygen atoms in total. The molecule has 1 aliphatic carbocycles. The highest BCUT2D eigenvalue weighted by Gasteiger charge is 2.40. The molecule has 102 valence electrons. The van der Waals surface area contributed by atoms with Crippen molar-refractivity contribution in [2.75, 3.05) is 0 Å². The summed E-state index contributed by atoms with van der Waals surface area (Å²) in [6, 6.07) is 7.32. The molecule has 6 heteroatoms. The van der Waals surface area contributed by atoms with Crippen LogP contribution in [0.4, 0.5) is 13.2 Å². The molecule has 1 aliphatic rings. The van der Waals surface area contributed by atoms with E-state index in [0.29, 0.717) is 11.1 Å². The Labute approximate surface area is 110 Å². The molecule has 2 N–H and O–H groups in total. The van der Waals surface area contributed by atoms with Crippen LogP contribution in [-0.2, 0) is 6.18 Å². The molecule has 3 rings (SSSR count). The van der Waals surface area contributed by atoms with Gasteiger partial charge in [0, 0.05) is 5.56 Å². The first-order valence-electron chi connectivity index (χ1n) is 5.62. The van der Waals surface area contributed by atoms with Crippen molar-refractivity contribution in [1.29, 1.82) is 0 Å². The summed E-state index contributed by atoms with van der Waals surface area (Å²) in [6.45, 7) is 0. The maximum atomic E-state index is 12.9. The Hall–Kier alpha value is -2.50. The second-order valence-electron chi connectivity index (χ2n) is 4.42. The Balaban J connectivity index is 2.36. The van der Waals surface area contributed by atoms with Crippen LogP contribution in [0, 0.1) is 0 Å². The van der Waals surface area contributed by atoms with Crippen LogP contribution >= 0.6 is 0 Å². The highest BCUT2D eigenvalue weighted by molar-refractivity contribution is 6.13. The van der Waals surface area contributed by atoms with Crippen molar-refractivity contribution in [2.24, 2.45) is 0 Å². The molecule has 0 bridgehead atoms. The summed E-state index contributed by atoms with van der Waals surface area (Å²) in [6.07, 6.45) is -4.81. The number of rotatable bonds is 1. The van der Waals surface area contributed by atoms with Crippen molar-refractivity contribution in [3.8, 4) is 28.0 Å². The van der Waals surface area contributed by atoms with Gasteiger partial charge in [0.15, 0.2) is 0 Å². The van der Waals surface area contributed by atoms with Gasteiger partial charge >= 0.3 is 12.1 Å². The van der Waals surface area contributed by atoms with Crippen molar-refractivity contribution in [3.05, 3.63) is 41.5 Å². The molecular formula is C14H7F3O3. The lowest BCUT2D eigenvalue weighted by Gasteiger charge is -2.27. The van der Waals surface area contributed by atoms with E-state index in [-0.39, 0.29) is 11.1 Å². The summed E-state index contributed by atoms with van der Waals surface area (Å²) < 4.78 is 38.6. The molecule has 0 aliphatic heterocycles. The normalized spacial score (nSPS) is 12.3. The second kappa shape index (κ2) is 3.75. The van der Waals surface area contributed by atoms with E-state index in [1.54, 1.807) is 24.3 Å². The average Bonchev–Trinajstić information content (AvgIpc) is 2.34. The molecule has 2 aromatic carbocycles. The Morgan fingerprint density at radius 2 is 1.65 bits per heavy atom. The zero-order valence-corrected chi connectivity index (χ0v) is 9.82. The Bertz CT molecular complexity index is 748. The number of alkyl halides is 3. The average molecular weight is 280 g/mol. The van der Waals surface area contributed by atoms with E-state index in [0.717, 1.165) is 6.07 Å². The van der Waals surface area contributed by atoms with Crippen LogP contribution in [0.25, 0.3) is 22.3 Å². The van der Waals surface area contributed by atoms with E-state index in [4.69, 9.17) is 5.11 Å². The predicted octanol–water partition coefficient (Wildman–Crippen LogP) is 3.76. The minimum Gasteiger partial charge on any atom is -0.506 e. The van der Waals surface area contributed by atoms with E-state index in [1.807, 2.05) is 0 Å². The van der Waals surface area contributed by atoms with Crippen LogP contribution in [-0.4, -0.2) is 16.2 Å². The number of phenols is 1. The van der Waals surface area contributed by atoms with Crippen LogP contribution in [0.1, 0.15) is 15.9 Å². The maximum absolute atomic E-state index is 12.9. The van der Waals surface area contributed by atoms with Gasteiger partial charge in [-0.1, -0.05) is 24.3 Å². The molecule has 0 saturated carbocycles. The first-order chi connectivity index (χ1) is 9.32. The smallest absolute Gasteiger partial charge is 0.420 e. The number of carbonyl (C=O) groups is 1. The van der Waals surface area contributed by atoms with Crippen molar-refractivity contribution in [1.82, 2.24) is 0 Å². The van der Waals surface area contributed by atoms with Gasteiger partial charge < -0.3 is 10.2 Å². The summed E-state index contributed by atoms with van der Waals surface area (Å²) in [5, 5.41) is 18.8. The Morgan fingerprint density at radius 1 is 1.05 bits per heavy atom. The molecule has 2 aromatic rings. The van der Waals surface area contributed by atoms with Gasteiger partial charge in [-0.25, -0.2) is 4.79 Å². The molecule has 0 amide bonds. The third-order valence-electron chi connectivity index (χ3n) is 3.31. The number of carboxylic acid groups (broad SMARTS) is 1. The Morgan fingerprint density at radius 3 is 2.20 bits per heavy atom. The van der Waals surface area contributed by atoms with Gasteiger partial charge in [-0.15, -0.1) is 0 Å². The fraction of sp³-hybridized carbons (Fsp3) is 0.0714. The molecular weight excluding hydrogens is 273 g/mol. The lowest BCUT2D eigenvalue weighted by atomic mass is 9.76. The number of aromatic hydroxyl groups is 1. The number of halogens is 3. The number of hydrogen-bond acceptors (Lipinski definition) is 2. The molecule has 0 fully saturated rings. The van der Waals surface area contributed by atoms with Crippen LogP contribution in [0.2, 0.25) is 0 Å². The molecule has 0 heterocycles. The van der Waals surface area contributed by atoms with Crippen molar-refractivity contribution in [3.63, 3.8) is 0 Å². The zero-order valence-electron chi connectivity index (χ0n) is 9.82. The van der Waals surface area contributed by atoms with E-state index >= 15 is 0 Å². The van der Waals surface area contributed by atoms with Crippen LogP contribution in [0.5, 0.6) is 5.75 Å². The van der Waals surface area contributed by atoms with Gasteiger partial charge in [0.2, 0.25) is 0 Å².